The largest absolute Gasteiger partial charge is 0.370 e. The van der Waals surface area contributed by atoms with Crippen LogP contribution in [0.3, 0.4) is 0 Å². The van der Waals surface area contributed by atoms with Crippen molar-refractivity contribution in [3.63, 3.8) is 0 Å². The number of amides is 2. The molecule has 1 atom stereocenters. The van der Waals surface area contributed by atoms with Gasteiger partial charge in [-0.05, 0) is 31.9 Å². The van der Waals surface area contributed by atoms with Gasteiger partial charge in [0.25, 0.3) is 0 Å². The number of hydrogen-bond donors (Lipinski definition) is 1. The molecule has 1 heterocycles. The number of nitrogens with zero attached hydrogens (tertiary/aromatic N) is 2. The molecule has 1 aliphatic heterocycles. The molecule has 2 rings (SSSR count). The number of nitrogens with one attached hydrogen (secondary N) is 1. The van der Waals surface area contributed by atoms with Crippen molar-refractivity contribution < 1.29 is 9.59 Å². The second-order valence-electron chi connectivity index (χ2n) is 6.32. The van der Waals surface area contributed by atoms with E-state index in [2.05, 4.69) is 29.3 Å². The van der Waals surface area contributed by atoms with Gasteiger partial charge in [-0.25, -0.2) is 0 Å². The standard InChI is InChI=1S/C18H27N3O2/c1-14(20(3)17-7-5-4-6-8-17)13-19-18(23)16-9-11-21(12-10-16)15(2)22/h4-8,14,16H,9-13H2,1-3H3,(H,19,23). The van der Waals surface area contributed by atoms with E-state index in [9.17, 15) is 9.59 Å². The van der Waals surface area contributed by atoms with Crippen molar-refractivity contribution in [1.82, 2.24) is 10.2 Å². The van der Waals surface area contributed by atoms with Gasteiger partial charge >= 0.3 is 0 Å². The van der Waals surface area contributed by atoms with E-state index in [1.54, 1.807) is 6.92 Å². The molecule has 0 aromatic heterocycles. The van der Waals surface area contributed by atoms with Crippen molar-refractivity contribution in [2.24, 2.45) is 5.92 Å². The molecule has 1 fully saturated rings. The van der Waals surface area contributed by atoms with Crippen LogP contribution in [0.2, 0.25) is 0 Å². The second-order valence-corrected chi connectivity index (χ2v) is 6.32. The lowest BCUT2D eigenvalue weighted by molar-refractivity contribution is -0.133. The number of hydrogen-bond acceptors (Lipinski definition) is 3. The molecule has 1 aromatic rings. The Morgan fingerprint density at radius 2 is 1.87 bits per heavy atom. The summed E-state index contributed by atoms with van der Waals surface area (Å²) < 4.78 is 0. The van der Waals surface area contributed by atoms with Crippen molar-refractivity contribution >= 4 is 17.5 Å². The second kappa shape index (κ2) is 7.99. The predicted octanol–water partition coefficient (Wildman–Crippen LogP) is 1.89. The molecule has 1 N–H and O–H groups in total. The van der Waals surface area contributed by atoms with Gasteiger partial charge in [-0.3, -0.25) is 9.59 Å². The maximum Gasteiger partial charge on any atom is 0.223 e. The highest BCUT2D eigenvalue weighted by atomic mass is 16.2. The number of benzene rings is 1. The number of carbonyl (C=O) groups excluding carboxylic acids is 2. The number of piperidine rings is 1. The lowest BCUT2D eigenvalue weighted by Crippen LogP contribution is -2.45. The fourth-order valence-corrected chi connectivity index (χ4v) is 2.90. The number of para-hydroxylation sites is 1. The first-order chi connectivity index (χ1) is 11.0. The van der Waals surface area contributed by atoms with E-state index in [0.29, 0.717) is 19.6 Å². The molecule has 5 heteroatoms. The Hall–Kier alpha value is -2.04. The molecule has 0 bridgehead atoms. The summed E-state index contributed by atoms with van der Waals surface area (Å²) >= 11 is 0. The Labute approximate surface area is 138 Å². The summed E-state index contributed by atoms with van der Waals surface area (Å²) in [6.07, 6.45) is 1.52. The molecule has 0 aliphatic carbocycles. The third-order valence-corrected chi connectivity index (χ3v) is 4.71. The Bertz CT molecular complexity index is 524. The van der Waals surface area contributed by atoms with E-state index < -0.39 is 0 Å². The summed E-state index contributed by atoms with van der Waals surface area (Å²) in [5.41, 5.74) is 1.14. The number of carbonyl (C=O) groups is 2. The van der Waals surface area contributed by atoms with Crippen molar-refractivity contribution in [1.29, 1.82) is 0 Å². The quantitative estimate of drug-likeness (QED) is 0.902. The fraction of sp³-hybridized carbons (Fsp3) is 0.556. The van der Waals surface area contributed by atoms with Crippen LogP contribution in [0.5, 0.6) is 0 Å². The number of anilines is 1. The van der Waals surface area contributed by atoms with Crippen LogP contribution < -0.4 is 10.2 Å². The molecule has 5 nitrogen and oxygen atoms in total. The summed E-state index contributed by atoms with van der Waals surface area (Å²) in [6.45, 7) is 5.68. The molecule has 1 saturated heterocycles. The molecular weight excluding hydrogens is 290 g/mol. The van der Waals surface area contributed by atoms with Crippen LogP contribution in [0, 0.1) is 5.92 Å². The van der Waals surface area contributed by atoms with Gasteiger partial charge in [0.05, 0.1) is 0 Å². The molecule has 1 aromatic carbocycles. The molecule has 126 valence electrons. The normalized spacial score (nSPS) is 16.7. The van der Waals surface area contributed by atoms with Gasteiger partial charge in [0, 0.05) is 51.3 Å². The first-order valence-corrected chi connectivity index (χ1v) is 8.30. The van der Waals surface area contributed by atoms with E-state index in [1.807, 2.05) is 30.1 Å². The minimum atomic E-state index is 0.0276. The lowest BCUT2D eigenvalue weighted by atomic mass is 9.96. The molecule has 1 aliphatic rings. The van der Waals surface area contributed by atoms with E-state index in [1.165, 1.54) is 0 Å². The lowest BCUT2D eigenvalue weighted by Gasteiger charge is -2.31. The fourth-order valence-electron chi connectivity index (χ4n) is 2.90. The van der Waals surface area contributed by atoms with Crippen LogP contribution >= 0.6 is 0 Å². The topological polar surface area (TPSA) is 52.7 Å². The first-order valence-electron chi connectivity index (χ1n) is 8.30. The summed E-state index contributed by atoms with van der Waals surface area (Å²) in [5.74, 6) is 0.239. The maximum absolute atomic E-state index is 12.3. The van der Waals surface area contributed by atoms with Crippen molar-refractivity contribution in [3.05, 3.63) is 30.3 Å². The van der Waals surface area contributed by atoms with Crippen molar-refractivity contribution in [3.8, 4) is 0 Å². The molecule has 23 heavy (non-hydrogen) atoms. The molecule has 0 radical (unpaired) electrons. The van der Waals surface area contributed by atoms with E-state index in [4.69, 9.17) is 0 Å². The van der Waals surface area contributed by atoms with Gasteiger partial charge in [-0.1, -0.05) is 18.2 Å². The van der Waals surface area contributed by atoms with Gasteiger partial charge in [0.15, 0.2) is 0 Å². The van der Waals surface area contributed by atoms with Crippen molar-refractivity contribution in [2.75, 3.05) is 31.6 Å². The zero-order chi connectivity index (χ0) is 16.8. The average molecular weight is 317 g/mol. The monoisotopic (exact) mass is 317 g/mol. The minimum absolute atomic E-state index is 0.0276. The van der Waals surface area contributed by atoms with Crippen LogP contribution in [0.4, 0.5) is 5.69 Å². The van der Waals surface area contributed by atoms with Crippen LogP contribution in [0.15, 0.2) is 30.3 Å². The highest BCUT2D eigenvalue weighted by Gasteiger charge is 2.26. The average Bonchev–Trinajstić information content (AvgIpc) is 2.59. The Morgan fingerprint density at radius 3 is 2.43 bits per heavy atom. The van der Waals surface area contributed by atoms with E-state index in [0.717, 1.165) is 18.5 Å². The first kappa shape index (κ1) is 17.3. The predicted molar refractivity (Wildman–Crippen MR) is 92.3 cm³/mol. The van der Waals surface area contributed by atoms with Gasteiger partial charge < -0.3 is 15.1 Å². The van der Waals surface area contributed by atoms with E-state index in [-0.39, 0.29) is 23.8 Å². The van der Waals surface area contributed by atoms with Gasteiger partial charge in [0.2, 0.25) is 11.8 Å². The highest BCUT2D eigenvalue weighted by molar-refractivity contribution is 5.79. The summed E-state index contributed by atoms with van der Waals surface area (Å²) in [7, 11) is 2.04. The third kappa shape index (κ3) is 4.71. The van der Waals surface area contributed by atoms with Crippen LogP contribution in [0.25, 0.3) is 0 Å². The third-order valence-electron chi connectivity index (χ3n) is 4.71. The zero-order valence-electron chi connectivity index (χ0n) is 14.3. The van der Waals surface area contributed by atoms with Gasteiger partial charge in [-0.2, -0.15) is 0 Å². The van der Waals surface area contributed by atoms with Gasteiger partial charge in [0.1, 0.15) is 0 Å². The maximum atomic E-state index is 12.3. The number of rotatable bonds is 5. The van der Waals surface area contributed by atoms with Gasteiger partial charge in [-0.15, -0.1) is 0 Å². The Balaban J connectivity index is 1.77. The zero-order valence-corrected chi connectivity index (χ0v) is 14.3. The highest BCUT2D eigenvalue weighted by Crippen LogP contribution is 2.18. The smallest absolute Gasteiger partial charge is 0.223 e. The molecule has 0 saturated carbocycles. The van der Waals surface area contributed by atoms with E-state index >= 15 is 0 Å². The Morgan fingerprint density at radius 1 is 1.26 bits per heavy atom. The Kier molecular flexibility index (Phi) is 6.02. The van der Waals surface area contributed by atoms with Crippen LogP contribution in [-0.2, 0) is 9.59 Å². The molecule has 0 spiro atoms. The number of likely N-dealkylation sites (tertiary alicyclic amines) is 1. The molecular formula is C18H27N3O2. The van der Waals surface area contributed by atoms with Crippen LogP contribution in [0.1, 0.15) is 26.7 Å². The number of likely N-dealkylation sites (N-methyl/N-ethyl adjacent to an activating group) is 1. The summed E-state index contributed by atoms with van der Waals surface area (Å²) in [5, 5.41) is 3.06. The molecule has 2 amide bonds. The van der Waals surface area contributed by atoms with Crippen molar-refractivity contribution in [2.45, 2.75) is 32.7 Å². The summed E-state index contributed by atoms with van der Waals surface area (Å²) in [6, 6.07) is 10.4. The van der Waals surface area contributed by atoms with Crippen LogP contribution in [-0.4, -0.2) is 49.4 Å². The summed E-state index contributed by atoms with van der Waals surface area (Å²) in [4.78, 5) is 27.6. The SMILES string of the molecule is CC(=O)N1CCC(C(=O)NCC(C)N(C)c2ccccc2)CC1. The minimum Gasteiger partial charge on any atom is -0.370 e. The molecule has 1 unspecified atom stereocenters.